The van der Waals surface area contributed by atoms with Gasteiger partial charge in [0.25, 0.3) is 0 Å². The molecule has 0 aliphatic carbocycles. The summed E-state index contributed by atoms with van der Waals surface area (Å²) in [6, 6.07) is 3.87. The number of aromatic carboxylic acids is 1. The number of nitrogens with zero attached hydrogens (tertiary/aromatic N) is 2. The van der Waals surface area contributed by atoms with Crippen molar-refractivity contribution in [1.29, 1.82) is 0 Å². The molecule has 0 atom stereocenters. The van der Waals surface area contributed by atoms with E-state index in [1.54, 1.807) is 0 Å². The van der Waals surface area contributed by atoms with Gasteiger partial charge in [-0.1, -0.05) is 6.07 Å². The second-order valence-electron chi connectivity index (χ2n) is 2.84. The molecule has 1 aromatic heterocycles. The van der Waals surface area contributed by atoms with Crippen molar-refractivity contribution >= 4 is 16.9 Å². The van der Waals surface area contributed by atoms with Crippen molar-refractivity contribution < 1.29 is 19.4 Å². The molecule has 15 heavy (non-hydrogen) atoms. The number of aromatic nitrogens is 2. The Morgan fingerprint density at radius 2 is 2.07 bits per heavy atom. The van der Waals surface area contributed by atoms with E-state index in [0.29, 0.717) is 0 Å². The molecule has 1 heterocycles. The van der Waals surface area contributed by atoms with Crippen LogP contribution in [-0.4, -0.2) is 26.4 Å². The van der Waals surface area contributed by atoms with Crippen molar-refractivity contribution in [2.45, 2.75) is 0 Å². The minimum absolute atomic E-state index is 0.0300. The number of carboxylic acid groups (broad SMARTS) is 1. The average Bonchev–Trinajstić information content (AvgIpc) is 2.19. The van der Waals surface area contributed by atoms with Crippen molar-refractivity contribution in [3.63, 3.8) is 0 Å². The van der Waals surface area contributed by atoms with Crippen LogP contribution >= 0.6 is 0 Å². The summed E-state index contributed by atoms with van der Waals surface area (Å²) in [6.45, 7) is 0. The molecule has 76 valence electrons. The van der Waals surface area contributed by atoms with Gasteiger partial charge in [-0.15, -0.1) is 10.2 Å². The zero-order valence-corrected chi connectivity index (χ0v) is 7.31. The number of fused-ring (bicyclic) bond motifs is 1. The van der Waals surface area contributed by atoms with E-state index in [-0.39, 0.29) is 10.9 Å². The lowest BCUT2D eigenvalue weighted by Gasteiger charge is -2.02. The van der Waals surface area contributed by atoms with E-state index in [2.05, 4.69) is 10.2 Å². The molecule has 0 saturated heterocycles. The molecule has 0 fully saturated rings. The second-order valence-corrected chi connectivity index (χ2v) is 2.84. The number of benzene rings is 1. The molecular weight excluding hydrogens is 203 g/mol. The van der Waals surface area contributed by atoms with Gasteiger partial charge in [-0.3, -0.25) is 0 Å². The molecule has 0 bridgehead atoms. The fourth-order valence-electron chi connectivity index (χ4n) is 1.23. The highest BCUT2D eigenvalue weighted by Crippen LogP contribution is 2.26. The van der Waals surface area contributed by atoms with Gasteiger partial charge >= 0.3 is 5.97 Å². The van der Waals surface area contributed by atoms with E-state index in [0.717, 1.165) is 6.07 Å². The molecule has 2 N–H and O–H groups in total. The lowest BCUT2D eigenvalue weighted by atomic mass is 10.2. The first kappa shape index (κ1) is 9.32. The Hall–Kier alpha value is -2.24. The van der Waals surface area contributed by atoms with Gasteiger partial charge in [0.2, 0.25) is 5.69 Å². The highest BCUT2D eigenvalue weighted by atomic mass is 19.1. The third-order valence-corrected chi connectivity index (χ3v) is 1.92. The van der Waals surface area contributed by atoms with Crippen LogP contribution in [0.25, 0.3) is 10.9 Å². The van der Waals surface area contributed by atoms with Crippen molar-refractivity contribution in [2.24, 2.45) is 0 Å². The molecule has 0 radical (unpaired) electrons. The van der Waals surface area contributed by atoms with Crippen LogP contribution in [0.15, 0.2) is 18.2 Å². The molecule has 0 aliphatic heterocycles. The third kappa shape index (κ3) is 1.35. The Balaban J connectivity index is 2.86. The fourth-order valence-corrected chi connectivity index (χ4v) is 1.23. The van der Waals surface area contributed by atoms with E-state index in [4.69, 9.17) is 5.11 Å². The summed E-state index contributed by atoms with van der Waals surface area (Å²) in [7, 11) is 0. The zero-order chi connectivity index (χ0) is 11.0. The van der Waals surface area contributed by atoms with Crippen molar-refractivity contribution in [3.8, 4) is 5.75 Å². The van der Waals surface area contributed by atoms with Gasteiger partial charge in [0.1, 0.15) is 5.52 Å². The summed E-state index contributed by atoms with van der Waals surface area (Å²) < 4.78 is 13.1. The van der Waals surface area contributed by atoms with Crippen LogP contribution in [0, 0.1) is 5.82 Å². The number of rotatable bonds is 1. The normalized spacial score (nSPS) is 10.5. The number of hydrogen-bond donors (Lipinski definition) is 2. The standard InChI is InChI=1S/C9H5FN2O3/c10-5-3-1-2-4-6(5)11-12-7(8(4)13)9(14)15/h1-3H,(H,11,13)(H,14,15). The number of carboxylic acids is 1. The molecule has 2 rings (SSSR count). The first-order chi connectivity index (χ1) is 7.11. The Bertz CT molecular complexity index is 556. The van der Waals surface area contributed by atoms with Crippen molar-refractivity contribution in [1.82, 2.24) is 10.2 Å². The highest BCUT2D eigenvalue weighted by Gasteiger charge is 2.16. The predicted molar refractivity (Wildman–Crippen MR) is 48.1 cm³/mol. The average molecular weight is 208 g/mol. The summed E-state index contributed by atoms with van der Waals surface area (Å²) in [6.07, 6.45) is 0. The molecule has 5 nitrogen and oxygen atoms in total. The van der Waals surface area contributed by atoms with Gasteiger partial charge in [-0.2, -0.15) is 0 Å². The highest BCUT2D eigenvalue weighted by molar-refractivity contribution is 5.96. The number of hydrogen-bond acceptors (Lipinski definition) is 4. The Kier molecular flexibility index (Phi) is 1.96. The van der Waals surface area contributed by atoms with E-state index >= 15 is 0 Å². The van der Waals surface area contributed by atoms with E-state index in [1.807, 2.05) is 0 Å². The van der Waals surface area contributed by atoms with Gasteiger partial charge in [0.15, 0.2) is 11.6 Å². The monoisotopic (exact) mass is 208 g/mol. The summed E-state index contributed by atoms with van der Waals surface area (Å²) in [5.41, 5.74) is -0.742. The van der Waals surface area contributed by atoms with Crippen LogP contribution in [0.2, 0.25) is 0 Å². The van der Waals surface area contributed by atoms with Crippen LogP contribution in [0.5, 0.6) is 5.75 Å². The SMILES string of the molecule is O=C(O)c1nnc2c(F)cccc2c1O. The third-order valence-electron chi connectivity index (χ3n) is 1.92. The van der Waals surface area contributed by atoms with Crippen LogP contribution < -0.4 is 0 Å². The fraction of sp³-hybridized carbons (Fsp3) is 0. The molecule has 0 unspecified atom stereocenters. The molecule has 0 amide bonds. The topological polar surface area (TPSA) is 83.3 Å². The molecule has 0 spiro atoms. The Morgan fingerprint density at radius 1 is 1.33 bits per heavy atom. The van der Waals surface area contributed by atoms with Gasteiger partial charge < -0.3 is 10.2 Å². The molecule has 0 saturated carbocycles. The zero-order valence-electron chi connectivity index (χ0n) is 7.31. The van der Waals surface area contributed by atoms with Crippen LogP contribution in [0.4, 0.5) is 4.39 Å². The number of aromatic hydroxyl groups is 1. The number of halogens is 1. The van der Waals surface area contributed by atoms with Crippen LogP contribution in [0.1, 0.15) is 10.5 Å². The summed E-state index contributed by atoms with van der Waals surface area (Å²) in [4.78, 5) is 10.6. The lowest BCUT2D eigenvalue weighted by Crippen LogP contribution is -2.03. The maximum atomic E-state index is 13.1. The minimum atomic E-state index is -1.41. The van der Waals surface area contributed by atoms with E-state index in [1.165, 1.54) is 12.1 Å². The van der Waals surface area contributed by atoms with E-state index < -0.39 is 23.2 Å². The largest absolute Gasteiger partial charge is 0.505 e. The van der Waals surface area contributed by atoms with Gasteiger partial charge in [-0.05, 0) is 12.1 Å². The quantitative estimate of drug-likeness (QED) is 0.734. The maximum absolute atomic E-state index is 13.1. The maximum Gasteiger partial charge on any atom is 0.360 e. The van der Waals surface area contributed by atoms with Crippen molar-refractivity contribution in [2.75, 3.05) is 0 Å². The lowest BCUT2D eigenvalue weighted by molar-refractivity contribution is 0.0686. The predicted octanol–water partition coefficient (Wildman–Crippen LogP) is 1.17. The molecule has 2 aromatic rings. The first-order valence-electron chi connectivity index (χ1n) is 3.98. The Morgan fingerprint density at radius 3 is 2.73 bits per heavy atom. The van der Waals surface area contributed by atoms with Gasteiger partial charge in [-0.25, -0.2) is 9.18 Å². The summed E-state index contributed by atoms with van der Waals surface area (Å²) in [5.74, 6) is -2.65. The minimum Gasteiger partial charge on any atom is -0.505 e. The van der Waals surface area contributed by atoms with Crippen LogP contribution in [0.3, 0.4) is 0 Å². The van der Waals surface area contributed by atoms with Gasteiger partial charge in [0, 0.05) is 5.39 Å². The second kappa shape index (κ2) is 3.16. The Labute approximate surface area is 82.8 Å². The molecule has 1 aromatic carbocycles. The number of carbonyl (C=O) groups is 1. The molecular formula is C9H5FN2O3. The van der Waals surface area contributed by atoms with E-state index in [9.17, 15) is 14.3 Å². The summed E-state index contributed by atoms with van der Waals surface area (Å²) >= 11 is 0. The molecule has 0 aliphatic rings. The first-order valence-corrected chi connectivity index (χ1v) is 3.98. The van der Waals surface area contributed by atoms with Crippen LogP contribution in [-0.2, 0) is 0 Å². The smallest absolute Gasteiger partial charge is 0.360 e. The van der Waals surface area contributed by atoms with Crippen molar-refractivity contribution in [3.05, 3.63) is 29.7 Å². The van der Waals surface area contributed by atoms with Gasteiger partial charge in [0.05, 0.1) is 0 Å². The molecule has 6 heteroatoms. The summed E-state index contributed by atoms with van der Waals surface area (Å²) in [5, 5.41) is 24.8.